The van der Waals surface area contributed by atoms with Crippen LogP contribution < -0.4 is 5.73 Å². The van der Waals surface area contributed by atoms with Crippen LogP contribution in [-0.2, 0) is 6.18 Å². The third-order valence-electron chi connectivity index (χ3n) is 2.74. The average Bonchev–Trinajstić information content (AvgIpc) is 2.43. The number of nitrogen functional groups attached to an aromatic ring is 1. The van der Waals surface area contributed by atoms with Crippen molar-refractivity contribution in [1.82, 2.24) is 9.97 Å². The number of hydrogen-bond donors (Lipinski definition) is 3. The van der Waals surface area contributed by atoms with Crippen LogP contribution in [0.5, 0.6) is 5.75 Å². The summed E-state index contributed by atoms with van der Waals surface area (Å²) in [5.41, 5.74) is 1.53. The molecule has 0 spiro atoms. The third-order valence-corrected chi connectivity index (χ3v) is 2.74. The topological polar surface area (TPSA) is 109 Å². The number of hydrogen-bond acceptors (Lipinski definition) is 5. The Morgan fingerprint density at radius 3 is 2.26 bits per heavy atom. The van der Waals surface area contributed by atoms with Crippen molar-refractivity contribution in [3.63, 3.8) is 0 Å². The maximum absolute atomic E-state index is 13.8. The molecule has 0 bridgehead atoms. The number of alkyl halides is 3. The van der Waals surface area contributed by atoms with Gasteiger partial charge in [-0.3, -0.25) is 0 Å². The average molecular weight is 335 g/mol. The van der Waals surface area contributed by atoms with Crippen molar-refractivity contribution < 1.29 is 37.0 Å². The molecule has 1 aromatic carbocycles. The Labute approximate surface area is 124 Å². The largest absolute Gasteiger partial charge is 0.503 e. The molecule has 0 radical (unpaired) electrons. The van der Waals surface area contributed by atoms with Gasteiger partial charge in [0.05, 0.1) is 11.1 Å². The normalized spacial score (nSPS) is 11.5. The number of benzene rings is 1. The van der Waals surface area contributed by atoms with Gasteiger partial charge in [-0.2, -0.15) is 13.2 Å². The van der Waals surface area contributed by atoms with E-state index in [-0.39, 0.29) is 6.07 Å². The molecule has 0 unspecified atom stereocenters. The van der Waals surface area contributed by atoms with Crippen LogP contribution in [0, 0.1) is 11.6 Å². The smallest absolute Gasteiger partial charge is 0.419 e. The maximum Gasteiger partial charge on any atom is 0.419 e. The lowest BCUT2D eigenvalue weighted by atomic mass is 10.1. The molecular weight excluding hydrogens is 329 g/mol. The van der Waals surface area contributed by atoms with Crippen LogP contribution in [-0.4, -0.2) is 26.2 Å². The van der Waals surface area contributed by atoms with Crippen LogP contribution in [0.4, 0.5) is 27.8 Å². The van der Waals surface area contributed by atoms with Gasteiger partial charge in [0, 0.05) is 0 Å². The molecule has 2 aromatic rings. The lowest BCUT2D eigenvalue weighted by molar-refractivity contribution is -0.140. The number of halogens is 5. The van der Waals surface area contributed by atoms with Crippen LogP contribution in [0.25, 0.3) is 11.4 Å². The molecule has 0 aliphatic rings. The molecule has 11 heteroatoms. The molecule has 6 nitrogen and oxygen atoms in total. The van der Waals surface area contributed by atoms with Gasteiger partial charge in [0.1, 0.15) is 0 Å². The van der Waals surface area contributed by atoms with Crippen LogP contribution in [0.15, 0.2) is 12.1 Å². The van der Waals surface area contributed by atoms with Crippen LogP contribution in [0.2, 0.25) is 0 Å². The first-order valence-electron chi connectivity index (χ1n) is 5.69. The molecule has 2 rings (SSSR count). The van der Waals surface area contributed by atoms with Crippen molar-refractivity contribution in [1.29, 1.82) is 0 Å². The van der Waals surface area contributed by atoms with Crippen molar-refractivity contribution in [2.24, 2.45) is 0 Å². The van der Waals surface area contributed by atoms with E-state index in [2.05, 4.69) is 9.97 Å². The van der Waals surface area contributed by atoms with E-state index in [1.54, 1.807) is 0 Å². The summed E-state index contributed by atoms with van der Waals surface area (Å²) in [6.07, 6.45) is -5.12. The second-order valence-corrected chi connectivity index (χ2v) is 4.22. The summed E-state index contributed by atoms with van der Waals surface area (Å²) in [5, 5.41) is 18.2. The molecule has 122 valence electrons. The van der Waals surface area contributed by atoms with Gasteiger partial charge in [-0.05, 0) is 12.1 Å². The highest BCUT2D eigenvalue weighted by Crippen LogP contribution is 2.35. The molecular formula is C12H6F5N3O3. The standard InChI is InChI=1S/C12H6F5N3O3/c13-5-3(1-2-4(6(5)14)12(15,16)17)10-19-7(11(22)23)8(21)9(18)20-10/h1-2,21H,(H,22,23)(H2,18,19,20). The number of aromatic carboxylic acids is 1. The van der Waals surface area contributed by atoms with Crippen molar-refractivity contribution in [3.05, 3.63) is 35.0 Å². The van der Waals surface area contributed by atoms with Gasteiger partial charge in [-0.15, -0.1) is 0 Å². The fraction of sp³-hybridized carbons (Fsp3) is 0.0833. The molecule has 0 amide bonds. The Morgan fingerprint density at radius 2 is 1.74 bits per heavy atom. The van der Waals surface area contributed by atoms with E-state index in [1.165, 1.54) is 0 Å². The van der Waals surface area contributed by atoms with E-state index in [0.29, 0.717) is 6.07 Å². The molecule has 0 saturated carbocycles. The van der Waals surface area contributed by atoms with E-state index < -0.39 is 58.0 Å². The molecule has 23 heavy (non-hydrogen) atoms. The van der Waals surface area contributed by atoms with E-state index >= 15 is 0 Å². The summed E-state index contributed by atoms with van der Waals surface area (Å²) in [5.74, 6) is -8.42. The highest BCUT2D eigenvalue weighted by atomic mass is 19.4. The first-order valence-corrected chi connectivity index (χ1v) is 5.69. The summed E-state index contributed by atoms with van der Waals surface area (Å²) in [4.78, 5) is 17.5. The van der Waals surface area contributed by atoms with E-state index in [0.717, 1.165) is 0 Å². The minimum atomic E-state index is -5.12. The molecule has 0 fully saturated rings. The Kier molecular flexibility index (Phi) is 3.80. The number of nitrogens with zero attached hydrogens (tertiary/aromatic N) is 2. The zero-order valence-corrected chi connectivity index (χ0v) is 10.8. The first-order chi connectivity index (χ1) is 10.5. The Bertz CT molecular complexity index is 808. The molecule has 1 aromatic heterocycles. The van der Waals surface area contributed by atoms with Gasteiger partial charge in [0.25, 0.3) is 0 Å². The van der Waals surface area contributed by atoms with Crippen molar-refractivity contribution in [2.75, 3.05) is 5.73 Å². The fourth-order valence-corrected chi connectivity index (χ4v) is 1.68. The highest BCUT2D eigenvalue weighted by molar-refractivity contribution is 5.90. The van der Waals surface area contributed by atoms with Crippen LogP contribution >= 0.6 is 0 Å². The highest BCUT2D eigenvalue weighted by Gasteiger charge is 2.36. The molecule has 1 heterocycles. The summed E-state index contributed by atoms with van der Waals surface area (Å²) in [6.45, 7) is 0. The van der Waals surface area contributed by atoms with E-state index in [1.807, 2.05) is 0 Å². The van der Waals surface area contributed by atoms with Gasteiger partial charge in [0.2, 0.25) is 0 Å². The number of aromatic hydroxyl groups is 1. The van der Waals surface area contributed by atoms with E-state index in [4.69, 9.17) is 10.8 Å². The monoisotopic (exact) mass is 335 g/mol. The molecule has 0 aliphatic heterocycles. The van der Waals surface area contributed by atoms with E-state index in [9.17, 15) is 31.9 Å². The summed E-state index contributed by atoms with van der Waals surface area (Å²) in [6, 6.07) is 0.777. The summed E-state index contributed by atoms with van der Waals surface area (Å²) in [7, 11) is 0. The minimum absolute atomic E-state index is 0.251. The number of aromatic nitrogens is 2. The summed E-state index contributed by atoms with van der Waals surface area (Å²) < 4.78 is 64.8. The van der Waals surface area contributed by atoms with Crippen molar-refractivity contribution in [2.45, 2.75) is 6.18 Å². The molecule has 0 aliphatic carbocycles. The maximum atomic E-state index is 13.8. The number of carboxylic acids is 1. The predicted octanol–water partition coefficient (Wildman–Crippen LogP) is 2.43. The van der Waals surface area contributed by atoms with Crippen molar-refractivity contribution >= 4 is 11.8 Å². The second kappa shape index (κ2) is 5.34. The Morgan fingerprint density at radius 1 is 1.13 bits per heavy atom. The van der Waals surface area contributed by atoms with Crippen LogP contribution in [0.1, 0.15) is 16.1 Å². The Hall–Kier alpha value is -2.98. The lowest BCUT2D eigenvalue weighted by Gasteiger charge is -2.11. The lowest BCUT2D eigenvalue weighted by Crippen LogP contribution is -2.11. The zero-order chi connectivity index (χ0) is 17.5. The number of nitrogens with two attached hydrogens (primary N) is 1. The number of carboxylic acid groups (broad SMARTS) is 1. The van der Waals surface area contributed by atoms with Gasteiger partial charge in [0.15, 0.2) is 34.7 Å². The van der Waals surface area contributed by atoms with Gasteiger partial charge in [-0.25, -0.2) is 23.5 Å². The quantitative estimate of drug-likeness (QED) is 0.727. The minimum Gasteiger partial charge on any atom is -0.503 e. The summed E-state index contributed by atoms with van der Waals surface area (Å²) >= 11 is 0. The van der Waals surface area contributed by atoms with Gasteiger partial charge < -0.3 is 15.9 Å². The molecule has 0 atom stereocenters. The number of anilines is 1. The zero-order valence-electron chi connectivity index (χ0n) is 10.8. The first kappa shape index (κ1) is 16.4. The number of carbonyl (C=O) groups is 1. The Balaban J connectivity index is 2.69. The van der Waals surface area contributed by atoms with Crippen molar-refractivity contribution in [3.8, 4) is 17.1 Å². The SMILES string of the molecule is Nc1nc(-c2ccc(C(F)(F)F)c(F)c2F)nc(C(=O)O)c1O. The van der Waals surface area contributed by atoms with Crippen LogP contribution in [0.3, 0.4) is 0 Å². The molecule has 4 N–H and O–H groups in total. The third kappa shape index (κ3) is 2.84. The number of rotatable bonds is 2. The van der Waals surface area contributed by atoms with Gasteiger partial charge in [-0.1, -0.05) is 0 Å². The fourth-order valence-electron chi connectivity index (χ4n) is 1.68. The molecule has 0 saturated heterocycles. The van der Waals surface area contributed by atoms with Gasteiger partial charge >= 0.3 is 12.1 Å². The predicted molar refractivity (Wildman–Crippen MR) is 65.4 cm³/mol. The second-order valence-electron chi connectivity index (χ2n) is 4.22.